The van der Waals surface area contributed by atoms with Gasteiger partial charge in [-0.15, -0.1) is 0 Å². The van der Waals surface area contributed by atoms with Gasteiger partial charge in [-0.2, -0.15) is 16.9 Å². The molecule has 2 aliphatic rings. The highest BCUT2D eigenvalue weighted by molar-refractivity contribution is 7.99. The SMILES string of the molecule is OCC1CCc2nc(CC3CCCCS3)nn2C1. The number of rotatable bonds is 3. The van der Waals surface area contributed by atoms with Crippen LogP contribution >= 0.6 is 11.8 Å². The molecule has 100 valence electrons. The molecule has 3 rings (SSSR count). The summed E-state index contributed by atoms with van der Waals surface area (Å²) in [7, 11) is 0. The Morgan fingerprint density at radius 2 is 2.28 bits per heavy atom. The molecule has 2 unspecified atom stereocenters. The van der Waals surface area contributed by atoms with Crippen molar-refractivity contribution in [2.45, 2.75) is 50.3 Å². The fraction of sp³-hybridized carbons (Fsp3) is 0.846. The summed E-state index contributed by atoms with van der Waals surface area (Å²) < 4.78 is 2.02. The van der Waals surface area contributed by atoms with Gasteiger partial charge in [0.1, 0.15) is 5.82 Å². The van der Waals surface area contributed by atoms with Gasteiger partial charge in [-0.05, 0) is 25.0 Å². The minimum Gasteiger partial charge on any atom is -0.396 e. The first kappa shape index (κ1) is 12.5. The van der Waals surface area contributed by atoms with Gasteiger partial charge in [0, 0.05) is 37.2 Å². The van der Waals surface area contributed by atoms with E-state index >= 15 is 0 Å². The summed E-state index contributed by atoms with van der Waals surface area (Å²) in [5, 5.41) is 14.6. The number of aryl methyl sites for hydroxylation is 1. The summed E-state index contributed by atoms with van der Waals surface area (Å²) >= 11 is 2.08. The molecule has 4 nitrogen and oxygen atoms in total. The zero-order chi connectivity index (χ0) is 12.4. The monoisotopic (exact) mass is 267 g/mol. The maximum Gasteiger partial charge on any atom is 0.152 e. The van der Waals surface area contributed by atoms with Crippen molar-refractivity contribution in [1.82, 2.24) is 14.8 Å². The zero-order valence-corrected chi connectivity index (χ0v) is 11.5. The first-order valence-electron chi connectivity index (χ1n) is 7.00. The lowest BCUT2D eigenvalue weighted by molar-refractivity contribution is 0.185. The largest absolute Gasteiger partial charge is 0.396 e. The lowest BCUT2D eigenvalue weighted by Crippen LogP contribution is -2.23. The van der Waals surface area contributed by atoms with E-state index in [0.29, 0.717) is 5.92 Å². The Morgan fingerprint density at radius 3 is 3.06 bits per heavy atom. The molecule has 5 heteroatoms. The van der Waals surface area contributed by atoms with Crippen molar-refractivity contribution in [1.29, 1.82) is 0 Å². The number of aliphatic hydroxyl groups is 1. The molecule has 2 atom stereocenters. The third-order valence-corrected chi connectivity index (χ3v) is 5.34. The average molecular weight is 267 g/mol. The van der Waals surface area contributed by atoms with Crippen LogP contribution in [0, 0.1) is 5.92 Å². The summed E-state index contributed by atoms with van der Waals surface area (Å²) in [4.78, 5) is 4.67. The summed E-state index contributed by atoms with van der Waals surface area (Å²) in [5.74, 6) is 3.81. The van der Waals surface area contributed by atoms with E-state index in [1.54, 1.807) is 0 Å². The molecule has 3 heterocycles. The average Bonchev–Trinajstić information content (AvgIpc) is 2.80. The van der Waals surface area contributed by atoms with Gasteiger partial charge in [0.25, 0.3) is 0 Å². The maximum absolute atomic E-state index is 9.22. The molecule has 1 aromatic rings. The summed E-state index contributed by atoms with van der Waals surface area (Å²) in [5.41, 5.74) is 0. The molecule has 0 aromatic carbocycles. The van der Waals surface area contributed by atoms with Gasteiger partial charge in [-0.3, -0.25) is 0 Å². The van der Waals surface area contributed by atoms with E-state index in [-0.39, 0.29) is 6.61 Å². The van der Waals surface area contributed by atoms with Crippen molar-refractivity contribution in [3.63, 3.8) is 0 Å². The van der Waals surface area contributed by atoms with Gasteiger partial charge in [0.15, 0.2) is 5.82 Å². The quantitative estimate of drug-likeness (QED) is 0.905. The van der Waals surface area contributed by atoms with Crippen LogP contribution in [0.25, 0.3) is 0 Å². The van der Waals surface area contributed by atoms with E-state index in [1.165, 1.54) is 25.0 Å². The number of aromatic nitrogens is 3. The van der Waals surface area contributed by atoms with E-state index in [1.807, 2.05) is 4.68 Å². The molecule has 0 amide bonds. The molecule has 1 fully saturated rings. The zero-order valence-electron chi connectivity index (χ0n) is 10.7. The number of hydrogen-bond acceptors (Lipinski definition) is 4. The van der Waals surface area contributed by atoms with E-state index in [0.717, 1.165) is 42.7 Å². The third kappa shape index (κ3) is 2.72. The molecule has 0 saturated carbocycles. The topological polar surface area (TPSA) is 50.9 Å². The molecule has 0 bridgehead atoms. The Morgan fingerprint density at radius 1 is 1.33 bits per heavy atom. The molecule has 18 heavy (non-hydrogen) atoms. The van der Waals surface area contributed by atoms with Crippen molar-refractivity contribution >= 4 is 11.8 Å². The number of hydrogen-bond donors (Lipinski definition) is 1. The second-order valence-electron chi connectivity index (χ2n) is 5.41. The number of thioether (sulfide) groups is 1. The van der Waals surface area contributed by atoms with Crippen LogP contribution < -0.4 is 0 Å². The van der Waals surface area contributed by atoms with Crippen LogP contribution in [0.15, 0.2) is 0 Å². The van der Waals surface area contributed by atoms with Crippen LogP contribution in [0.2, 0.25) is 0 Å². The fourth-order valence-electron chi connectivity index (χ4n) is 2.83. The van der Waals surface area contributed by atoms with Crippen LogP contribution in [0.1, 0.15) is 37.3 Å². The Bertz CT molecular complexity index is 401. The highest BCUT2D eigenvalue weighted by Gasteiger charge is 2.23. The molecular formula is C13H21N3OS. The fourth-order valence-corrected chi connectivity index (χ4v) is 4.14. The van der Waals surface area contributed by atoms with Gasteiger partial charge in [-0.25, -0.2) is 9.67 Å². The minimum atomic E-state index is 0.271. The van der Waals surface area contributed by atoms with Crippen molar-refractivity contribution < 1.29 is 5.11 Å². The van der Waals surface area contributed by atoms with Crippen LogP contribution in [0.3, 0.4) is 0 Å². The summed E-state index contributed by atoms with van der Waals surface area (Å²) in [6.45, 7) is 1.11. The number of aliphatic hydroxyl groups excluding tert-OH is 1. The predicted molar refractivity (Wildman–Crippen MR) is 72.7 cm³/mol. The van der Waals surface area contributed by atoms with Gasteiger partial charge < -0.3 is 5.11 Å². The summed E-state index contributed by atoms with van der Waals surface area (Å²) in [6.07, 6.45) is 7.08. The lowest BCUT2D eigenvalue weighted by atomic mass is 10.0. The molecule has 1 aromatic heterocycles. The Balaban J connectivity index is 1.65. The van der Waals surface area contributed by atoms with Crippen molar-refractivity contribution in [3.8, 4) is 0 Å². The predicted octanol–water partition coefficient (Wildman–Crippen LogP) is 1.66. The van der Waals surface area contributed by atoms with Gasteiger partial charge >= 0.3 is 0 Å². The molecule has 1 N–H and O–H groups in total. The van der Waals surface area contributed by atoms with Crippen LogP contribution in [0.5, 0.6) is 0 Å². The van der Waals surface area contributed by atoms with Crippen molar-refractivity contribution in [2.75, 3.05) is 12.4 Å². The first-order chi connectivity index (χ1) is 8.85. The lowest BCUT2D eigenvalue weighted by Gasteiger charge is -2.20. The normalized spacial score (nSPS) is 28.1. The molecule has 0 radical (unpaired) electrons. The van der Waals surface area contributed by atoms with Gasteiger partial charge in [-0.1, -0.05) is 6.42 Å². The van der Waals surface area contributed by atoms with Crippen molar-refractivity contribution in [2.24, 2.45) is 5.92 Å². The Labute approximate surface area is 112 Å². The van der Waals surface area contributed by atoms with Crippen LogP contribution in [0.4, 0.5) is 0 Å². The van der Waals surface area contributed by atoms with E-state index < -0.39 is 0 Å². The Kier molecular flexibility index (Phi) is 3.89. The number of fused-ring (bicyclic) bond motifs is 1. The molecule has 2 aliphatic heterocycles. The Hall–Kier alpha value is -0.550. The minimum absolute atomic E-state index is 0.271. The van der Waals surface area contributed by atoms with E-state index in [4.69, 9.17) is 0 Å². The van der Waals surface area contributed by atoms with E-state index in [2.05, 4.69) is 21.8 Å². The smallest absolute Gasteiger partial charge is 0.152 e. The number of nitrogens with zero attached hydrogens (tertiary/aromatic N) is 3. The van der Waals surface area contributed by atoms with E-state index in [9.17, 15) is 5.11 Å². The van der Waals surface area contributed by atoms with Crippen molar-refractivity contribution in [3.05, 3.63) is 11.6 Å². The highest BCUT2D eigenvalue weighted by atomic mass is 32.2. The van der Waals surface area contributed by atoms with Gasteiger partial charge in [0.05, 0.1) is 0 Å². The molecule has 0 aliphatic carbocycles. The first-order valence-corrected chi connectivity index (χ1v) is 8.05. The molecule has 1 saturated heterocycles. The molecule has 0 spiro atoms. The maximum atomic E-state index is 9.22. The van der Waals surface area contributed by atoms with Crippen LogP contribution in [-0.4, -0.2) is 37.5 Å². The second-order valence-corrected chi connectivity index (χ2v) is 6.81. The molecular weight excluding hydrogens is 246 g/mol. The highest BCUT2D eigenvalue weighted by Crippen LogP contribution is 2.27. The third-order valence-electron chi connectivity index (χ3n) is 3.94. The summed E-state index contributed by atoms with van der Waals surface area (Å²) in [6, 6.07) is 0. The van der Waals surface area contributed by atoms with Gasteiger partial charge in [0.2, 0.25) is 0 Å². The second kappa shape index (κ2) is 5.61. The standard InChI is InChI=1S/C13H21N3OS/c17-9-10-4-5-13-14-12(15-16(13)8-10)7-11-3-1-2-6-18-11/h10-11,17H,1-9H2. The van der Waals surface area contributed by atoms with Crippen LogP contribution in [-0.2, 0) is 19.4 Å².